The fraction of sp³-hybridized carbons (Fsp3) is 0.214. The second kappa shape index (κ2) is 5.10. The molecule has 1 aliphatic heterocycles. The van der Waals surface area contributed by atoms with Crippen LogP contribution in [0.3, 0.4) is 0 Å². The minimum atomic E-state index is 0.616. The molecule has 0 amide bonds. The van der Waals surface area contributed by atoms with Crippen molar-refractivity contribution in [1.29, 1.82) is 0 Å². The van der Waals surface area contributed by atoms with Crippen molar-refractivity contribution in [3.63, 3.8) is 0 Å². The molecule has 1 N–H and O–H groups in total. The molecule has 6 heteroatoms. The minimum Gasteiger partial charge on any atom is -0.341 e. The average Bonchev–Trinajstić information content (AvgIpc) is 3.11. The van der Waals surface area contributed by atoms with Crippen molar-refractivity contribution in [2.45, 2.75) is 21.6 Å². The highest BCUT2D eigenvalue weighted by atomic mass is 32.2. The van der Waals surface area contributed by atoms with Crippen LogP contribution < -0.4 is 0 Å². The standard InChI is InChI=1S/C14H12N4S2/c1-2-4-11-9(3-1)5-10(20-11)6-19-14-12-13(16-7-15-12)17-8-18-14/h1-4,7-8,10H,5-6H2,(H,15,16,17,18). The molecule has 0 radical (unpaired) electrons. The Morgan fingerprint density at radius 3 is 3.15 bits per heavy atom. The van der Waals surface area contributed by atoms with E-state index in [0.717, 1.165) is 28.4 Å². The van der Waals surface area contributed by atoms with Gasteiger partial charge in [-0.3, -0.25) is 0 Å². The fourth-order valence-electron chi connectivity index (χ4n) is 2.37. The smallest absolute Gasteiger partial charge is 0.181 e. The Morgan fingerprint density at radius 1 is 1.25 bits per heavy atom. The van der Waals surface area contributed by atoms with Crippen LogP contribution in [0.25, 0.3) is 11.2 Å². The Hall–Kier alpha value is -1.53. The van der Waals surface area contributed by atoms with E-state index in [1.165, 1.54) is 10.5 Å². The first-order valence-electron chi connectivity index (χ1n) is 6.41. The van der Waals surface area contributed by atoms with Crippen molar-refractivity contribution in [1.82, 2.24) is 19.9 Å². The highest BCUT2D eigenvalue weighted by Gasteiger charge is 2.22. The van der Waals surface area contributed by atoms with Crippen molar-refractivity contribution in [2.24, 2.45) is 0 Å². The third-order valence-corrected chi connectivity index (χ3v) is 5.99. The average molecular weight is 300 g/mol. The van der Waals surface area contributed by atoms with Gasteiger partial charge in [0, 0.05) is 15.9 Å². The van der Waals surface area contributed by atoms with Crippen LogP contribution in [0.15, 0.2) is 46.8 Å². The molecule has 1 aliphatic rings. The van der Waals surface area contributed by atoms with E-state index in [0.29, 0.717) is 5.25 Å². The van der Waals surface area contributed by atoms with E-state index in [2.05, 4.69) is 44.2 Å². The molecule has 3 aromatic rings. The maximum atomic E-state index is 4.36. The Labute approximate surface area is 124 Å². The zero-order valence-electron chi connectivity index (χ0n) is 10.6. The van der Waals surface area contributed by atoms with Crippen LogP contribution >= 0.6 is 23.5 Å². The number of aromatic amines is 1. The van der Waals surface area contributed by atoms with Crippen LogP contribution in [-0.2, 0) is 6.42 Å². The van der Waals surface area contributed by atoms with E-state index < -0.39 is 0 Å². The number of rotatable bonds is 3. The second-order valence-corrected chi connectivity index (χ2v) is 6.99. The van der Waals surface area contributed by atoms with Crippen LogP contribution in [-0.4, -0.2) is 30.9 Å². The van der Waals surface area contributed by atoms with Crippen molar-refractivity contribution in [3.8, 4) is 0 Å². The number of thioether (sulfide) groups is 2. The summed E-state index contributed by atoms with van der Waals surface area (Å²) < 4.78 is 0. The number of benzene rings is 1. The van der Waals surface area contributed by atoms with Gasteiger partial charge in [-0.2, -0.15) is 0 Å². The Bertz CT molecular complexity index is 731. The van der Waals surface area contributed by atoms with Gasteiger partial charge in [-0.15, -0.1) is 23.5 Å². The third-order valence-electron chi connectivity index (χ3n) is 3.31. The van der Waals surface area contributed by atoms with Crippen molar-refractivity contribution >= 4 is 34.7 Å². The Kier molecular flexibility index (Phi) is 3.12. The van der Waals surface area contributed by atoms with Gasteiger partial charge < -0.3 is 4.98 Å². The van der Waals surface area contributed by atoms with Crippen molar-refractivity contribution in [2.75, 3.05) is 5.75 Å². The lowest BCUT2D eigenvalue weighted by molar-refractivity contribution is 0.967. The predicted molar refractivity (Wildman–Crippen MR) is 82.2 cm³/mol. The lowest BCUT2D eigenvalue weighted by atomic mass is 10.1. The molecule has 20 heavy (non-hydrogen) atoms. The number of nitrogens with one attached hydrogen (secondary N) is 1. The van der Waals surface area contributed by atoms with Crippen LogP contribution in [0.4, 0.5) is 0 Å². The Balaban J connectivity index is 1.48. The van der Waals surface area contributed by atoms with Gasteiger partial charge in [0.15, 0.2) is 5.65 Å². The molecule has 0 saturated heterocycles. The summed E-state index contributed by atoms with van der Waals surface area (Å²) in [6.07, 6.45) is 4.40. The molecular weight excluding hydrogens is 288 g/mol. The summed E-state index contributed by atoms with van der Waals surface area (Å²) in [4.78, 5) is 17.2. The van der Waals surface area contributed by atoms with Crippen LogP contribution in [0.5, 0.6) is 0 Å². The molecule has 0 bridgehead atoms. The molecule has 1 unspecified atom stereocenters. The van der Waals surface area contributed by atoms with Gasteiger partial charge >= 0.3 is 0 Å². The molecule has 0 fully saturated rings. The van der Waals surface area contributed by atoms with Crippen LogP contribution in [0, 0.1) is 0 Å². The lowest BCUT2D eigenvalue weighted by Gasteiger charge is -2.07. The minimum absolute atomic E-state index is 0.616. The fourth-order valence-corrected chi connectivity index (χ4v) is 4.81. The molecule has 2 aromatic heterocycles. The highest BCUT2D eigenvalue weighted by molar-refractivity contribution is 8.03. The second-order valence-electron chi connectivity index (χ2n) is 4.64. The van der Waals surface area contributed by atoms with E-state index in [1.807, 2.05) is 11.8 Å². The summed E-state index contributed by atoms with van der Waals surface area (Å²) in [5.41, 5.74) is 3.15. The molecule has 1 aromatic carbocycles. The van der Waals surface area contributed by atoms with Crippen molar-refractivity contribution in [3.05, 3.63) is 42.5 Å². The van der Waals surface area contributed by atoms with E-state index in [4.69, 9.17) is 0 Å². The topological polar surface area (TPSA) is 54.5 Å². The number of hydrogen-bond acceptors (Lipinski definition) is 5. The number of nitrogens with zero attached hydrogens (tertiary/aromatic N) is 3. The molecule has 1 atom stereocenters. The molecule has 0 saturated carbocycles. The number of aromatic nitrogens is 4. The van der Waals surface area contributed by atoms with Gasteiger partial charge in [0.1, 0.15) is 16.9 Å². The summed E-state index contributed by atoms with van der Waals surface area (Å²) in [5.74, 6) is 1.05. The van der Waals surface area contributed by atoms with E-state index in [9.17, 15) is 0 Å². The quantitative estimate of drug-likeness (QED) is 0.595. The molecule has 100 valence electrons. The molecule has 3 heterocycles. The van der Waals surface area contributed by atoms with E-state index >= 15 is 0 Å². The first-order chi connectivity index (χ1) is 9.90. The van der Waals surface area contributed by atoms with Gasteiger partial charge in [0.2, 0.25) is 0 Å². The summed E-state index contributed by atoms with van der Waals surface area (Å²) in [7, 11) is 0. The number of fused-ring (bicyclic) bond motifs is 2. The predicted octanol–water partition coefficient (Wildman–Crippen LogP) is 3.16. The summed E-state index contributed by atoms with van der Waals surface area (Å²) >= 11 is 3.75. The normalized spacial score (nSPS) is 17.5. The Morgan fingerprint density at radius 2 is 2.20 bits per heavy atom. The van der Waals surface area contributed by atoms with E-state index in [-0.39, 0.29) is 0 Å². The first-order valence-corrected chi connectivity index (χ1v) is 8.28. The van der Waals surface area contributed by atoms with Gasteiger partial charge in [-0.05, 0) is 18.1 Å². The summed E-state index contributed by atoms with van der Waals surface area (Å²) in [6.45, 7) is 0. The van der Waals surface area contributed by atoms with Crippen LogP contribution in [0.1, 0.15) is 5.56 Å². The third kappa shape index (κ3) is 2.19. The molecule has 4 nitrogen and oxygen atoms in total. The molecule has 0 aliphatic carbocycles. The maximum absolute atomic E-state index is 4.36. The summed E-state index contributed by atoms with van der Waals surface area (Å²) in [6, 6.07) is 8.67. The SMILES string of the molecule is c1ccc2c(c1)CC(CSc1ncnc3nc[nH]c13)S2. The zero-order valence-corrected chi connectivity index (χ0v) is 12.2. The summed E-state index contributed by atoms with van der Waals surface area (Å²) in [5, 5.41) is 1.61. The highest BCUT2D eigenvalue weighted by Crippen LogP contribution is 2.39. The van der Waals surface area contributed by atoms with E-state index in [1.54, 1.807) is 24.4 Å². The molecular formula is C14H12N4S2. The monoisotopic (exact) mass is 300 g/mol. The largest absolute Gasteiger partial charge is 0.341 e. The van der Waals surface area contributed by atoms with Gasteiger partial charge in [0.05, 0.1) is 6.33 Å². The number of imidazole rings is 1. The van der Waals surface area contributed by atoms with Gasteiger partial charge in [0.25, 0.3) is 0 Å². The number of H-pyrrole nitrogens is 1. The van der Waals surface area contributed by atoms with Gasteiger partial charge in [-0.1, -0.05) is 18.2 Å². The van der Waals surface area contributed by atoms with Gasteiger partial charge in [-0.25, -0.2) is 15.0 Å². The lowest BCUT2D eigenvalue weighted by Crippen LogP contribution is -2.04. The molecule has 0 spiro atoms. The molecule has 4 rings (SSSR count). The first kappa shape index (κ1) is 12.2. The van der Waals surface area contributed by atoms with Crippen LogP contribution in [0.2, 0.25) is 0 Å². The maximum Gasteiger partial charge on any atom is 0.181 e. The van der Waals surface area contributed by atoms with Crippen molar-refractivity contribution < 1.29 is 0 Å². The zero-order chi connectivity index (χ0) is 13.4. The number of hydrogen-bond donors (Lipinski definition) is 1.